The maximum Gasteiger partial charge on any atom is 0.220 e. The number of carbonyl (C=O) groups is 1. The SMILES string of the molecule is CC(C)Oc1ccc(CCC(=O)NC(C)(C)CO)cc1N. The van der Waals surface area contributed by atoms with Crippen LogP contribution in [0.25, 0.3) is 0 Å². The molecular formula is C16H26N2O3. The van der Waals surface area contributed by atoms with Crippen molar-refractivity contribution in [3.63, 3.8) is 0 Å². The van der Waals surface area contributed by atoms with Gasteiger partial charge < -0.3 is 20.9 Å². The fourth-order valence-electron chi connectivity index (χ4n) is 1.85. The van der Waals surface area contributed by atoms with Gasteiger partial charge in [0.2, 0.25) is 5.91 Å². The average Bonchev–Trinajstić information content (AvgIpc) is 2.38. The molecule has 5 heteroatoms. The predicted octanol–water partition coefficient (Wildman–Crippen LogP) is 1.88. The Balaban J connectivity index is 2.56. The standard InChI is InChI=1S/C16H26N2O3/c1-11(2)21-14-7-5-12(9-13(14)17)6-8-15(20)18-16(3,4)10-19/h5,7,9,11,19H,6,8,10,17H2,1-4H3,(H,18,20). The van der Waals surface area contributed by atoms with E-state index in [1.54, 1.807) is 13.8 Å². The summed E-state index contributed by atoms with van der Waals surface area (Å²) in [6.07, 6.45) is 1.02. The van der Waals surface area contributed by atoms with Gasteiger partial charge in [0.15, 0.2) is 0 Å². The van der Waals surface area contributed by atoms with Crippen LogP contribution in [0.15, 0.2) is 18.2 Å². The number of aliphatic hydroxyl groups excluding tert-OH is 1. The third-order valence-corrected chi connectivity index (χ3v) is 2.95. The number of aliphatic hydroxyl groups is 1. The molecule has 0 spiro atoms. The molecule has 118 valence electrons. The second kappa shape index (κ2) is 7.31. The summed E-state index contributed by atoms with van der Waals surface area (Å²) in [6, 6.07) is 5.58. The van der Waals surface area contributed by atoms with Crippen LogP contribution in [0, 0.1) is 0 Å². The average molecular weight is 294 g/mol. The van der Waals surface area contributed by atoms with E-state index in [0.29, 0.717) is 24.3 Å². The Labute approximate surface area is 126 Å². The molecule has 0 aliphatic heterocycles. The lowest BCUT2D eigenvalue weighted by Gasteiger charge is -2.23. The van der Waals surface area contributed by atoms with Gasteiger partial charge in [-0.1, -0.05) is 6.07 Å². The third kappa shape index (κ3) is 6.04. The molecule has 0 saturated carbocycles. The Morgan fingerprint density at radius 1 is 1.43 bits per heavy atom. The van der Waals surface area contributed by atoms with Gasteiger partial charge in [-0.3, -0.25) is 4.79 Å². The number of nitrogens with two attached hydrogens (primary N) is 1. The number of anilines is 1. The maximum atomic E-state index is 11.8. The minimum atomic E-state index is -0.592. The maximum absolute atomic E-state index is 11.8. The van der Waals surface area contributed by atoms with E-state index in [9.17, 15) is 4.79 Å². The van der Waals surface area contributed by atoms with Crippen LogP contribution < -0.4 is 15.8 Å². The van der Waals surface area contributed by atoms with Crippen molar-refractivity contribution >= 4 is 11.6 Å². The molecule has 0 aliphatic rings. The first kappa shape index (κ1) is 17.3. The molecule has 5 nitrogen and oxygen atoms in total. The number of hydrogen-bond donors (Lipinski definition) is 3. The summed E-state index contributed by atoms with van der Waals surface area (Å²) in [5, 5.41) is 11.9. The minimum Gasteiger partial charge on any atom is -0.489 e. The van der Waals surface area contributed by atoms with Gasteiger partial charge in [0, 0.05) is 6.42 Å². The van der Waals surface area contributed by atoms with Gasteiger partial charge >= 0.3 is 0 Å². The molecule has 0 saturated heterocycles. The Morgan fingerprint density at radius 2 is 2.10 bits per heavy atom. The molecule has 0 heterocycles. The van der Waals surface area contributed by atoms with Crippen molar-refractivity contribution in [1.82, 2.24) is 5.32 Å². The molecule has 1 aromatic rings. The predicted molar refractivity (Wildman–Crippen MR) is 84.2 cm³/mol. The van der Waals surface area contributed by atoms with Gasteiger partial charge in [-0.15, -0.1) is 0 Å². The summed E-state index contributed by atoms with van der Waals surface area (Å²) in [5.41, 5.74) is 6.92. The molecule has 1 amide bonds. The lowest BCUT2D eigenvalue weighted by atomic mass is 10.1. The van der Waals surface area contributed by atoms with Gasteiger partial charge in [-0.25, -0.2) is 0 Å². The van der Waals surface area contributed by atoms with Crippen LogP contribution in [0.4, 0.5) is 5.69 Å². The van der Waals surface area contributed by atoms with Crippen LogP contribution in [-0.4, -0.2) is 29.3 Å². The van der Waals surface area contributed by atoms with Gasteiger partial charge in [-0.2, -0.15) is 0 Å². The minimum absolute atomic E-state index is 0.0737. The molecule has 0 unspecified atom stereocenters. The van der Waals surface area contributed by atoms with Crippen molar-refractivity contribution < 1.29 is 14.6 Å². The first-order chi connectivity index (χ1) is 9.73. The zero-order chi connectivity index (χ0) is 16.0. The fourth-order valence-corrected chi connectivity index (χ4v) is 1.85. The first-order valence-corrected chi connectivity index (χ1v) is 7.20. The number of rotatable bonds is 7. The van der Waals surface area contributed by atoms with Crippen LogP contribution in [0.1, 0.15) is 39.7 Å². The molecule has 0 radical (unpaired) electrons. The molecule has 0 aromatic heterocycles. The number of amides is 1. The van der Waals surface area contributed by atoms with Gasteiger partial charge in [0.25, 0.3) is 0 Å². The summed E-state index contributed by atoms with van der Waals surface area (Å²) < 4.78 is 5.57. The van der Waals surface area contributed by atoms with Gasteiger partial charge in [0.1, 0.15) is 5.75 Å². The van der Waals surface area contributed by atoms with Crippen LogP contribution in [0.5, 0.6) is 5.75 Å². The number of ether oxygens (including phenoxy) is 1. The number of hydrogen-bond acceptors (Lipinski definition) is 4. The Kier molecular flexibility index (Phi) is 6.03. The van der Waals surface area contributed by atoms with Crippen LogP contribution in [-0.2, 0) is 11.2 Å². The molecule has 21 heavy (non-hydrogen) atoms. The van der Waals surface area contributed by atoms with E-state index in [2.05, 4.69) is 5.32 Å². The molecule has 0 atom stereocenters. The Hall–Kier alpha value is -1.75. The van der Waals surface area contributed by atoms with Crippen molar-refractivity contribution in [2.75, 3.05) is 12.3 Å². The Bertz CT molecular complexity index is 484. The second-order valence-corrected chi connectivity index (χ2v) is 6.13. The van der Waals surface area contributed by atoms with E-state index >= 15 is 0 Å². The molecule has 1 rings (SSSR count). The van der Waals surface area contributed by atoms with E-state index in [-0.39, 0.29) is 18.6 Å². The lowest BCUT2D eigenvalue weighted by Crippen LogP contribution is -2.46. The fraction of sp³-hybridized carbons (Fsp3) is 0.562. The number of benzene rings is 1. The quantitative estimate of drug-likeness (QED) is 0.670. The van der Waals surface area contributed by atoms with Crippen molar-refractivity contribution in [3.8, 4) is 5.75 Å². The number of carbonyl (C=O) groups excluding carboxylic acids is 1. The summed E-state index contributed by atoms with van der Waals surface area (Å²) in [4.78, 5) is 11.8. The van der Waals surface area contributed by atoms with Crippen LogP contribution >= 0.6 is 0 Å². The van der Waals surface area contributed by atoms with Crippen LogP contribution in [0.3, 0.4) is 0 Å². The highest BCUT2D eigenvalue weighted by molar-refractivity contribution is 5.77. The van der Waals surface area contributed by atoms with E-state index < -0.39 is 5.54 Å². The van der Waals surface area contributed by atoms with E-state index in [1.165, 1.54) is 0 Å². The third-order valence-electron chi connectivity index (χ3n) is 2.95. The summed E-state index contributed by atoms with van der Waals surface area (Å²) in [7, 11) is 0. The van der Waals surface area contributed by atoms with E-state index in [1.807, 2.05) is 32.0 Å². The zero-order valence-corrected chi connectivity index (χ0v) is 13.3. The smallest absolute Gasteiger partial charge is 0.220 e. The first-order valence-electron chi connectivity index (χ1n) is 7.20. The van der Waals surface area contributed by atoms with Gasteiger partial charge in [0.05, 0.1) is 23.9 Å². The number of nitrogens with one attached hydrogen (secondary N) is 1. The van der Waals surface area contributed by atoms with Crippen molar-refractivity contribution in [2.24, 2.45) is 0 Å². The summed E-state index contributed by atoms with van der Waals surface area (Å²) in [5.74, 6) is 0.578. The number of nitrogen functional groups attached to an aromatic ring is 1. The molecule has 0 aliphatic carbocycles. The normalized spacial score (nSPS) is 11.5. The van der Waals surface area contributed by atoms with Crippen molar-refractivity contribution in [2.45, 2.75) is 52.2 Å². The topological polar surface area (TPSA) is 84.6 Å². The lowest BCUT2D eigenvalue weighted by molar-refractivity contribution is -0.123. The molecule has 0 bridgehead atoms. The van der Waals surface area contributed by atoms with E-state index in [0.717, 1.165) is 5.56 Å². The molecule has 1 aromatic carbocycles. The highest BCUT2D eigenvalue weighted by Crippen LogP contribution is 2.24. The highest BCUT2D eigenvalue weighted by Gasteiger charge is 2.18. The largest absolute Gasteiger partial charge is 0.489 e. The van der Waals surface area contributed by atoms with Crippen molar-refractivity contribution in [3.05, 3.63) is 23.8 Å². The molecular weight excluding hydrogens is 268 g/mol. The highest BCUT2D eigenvalue weighted by atomic mass is 16.5. The van der Waals surface area contributed by atoms with E-state index in [4.69, 9.17) is 15.6 Å². The number of aryl methyl sites for hydroxylation is 1. The Morgan fingerprint density at radius 3 is 2.62 bits per heavy atom. The zero-order valence-electron chi connectivity index (χ0n) is 13.3. The monoisotopic (exact) mass is 294 g/mol. The van der Waals surface area contributed by atoms with Gasteiger partial charge in [-0.05, 0) is 51.8 Å². The molecule has 0 fully saturated rings. The summed E-state index contributed by atoms with van der Waals surface area (Å²) >= 11 is 0. The second-order valence-electron chi connectivity index (χ2n) is 6.13. The van der Waals surface area contributed by atoms with Crippen molar-refractivity contribution in [1.29, 1.82) is 0 Å². The van der Waals surface area contributed by atoms with Crippen LogP contribution in [0.2, 0.25) is 0 Å². The molecule has 4 N–H and O–H groups in total. The summed E-state index contributed by atoms with van der Waals surface area (Å²) in [6.45, 7) is 7.36.